The Morgan fingerprint density at radius 1 is 1.07 bits per heavy atom. The van der Waals surface area contributed by atoms with E-state index in [2.05, 4.69) is 33.0 Å². The molecule has 0 atom stereocenters. The Bertz CT molecular complexity index is 994. The fourth-order valence-corrected chi connectivity index (χ4v) is 2.65. The molecule has 8 heteroatoms. The summed E-state index contributed by atoms with van der Waals surface area (Å²) in [6.45, 7) is 5.73. The van der Waals surface area contributed by atoms with Gasteiger partial charge in [-0.25, -0.2) is 4.79 Å². The first kappa shape index (κ1) is 19.2. The maximum Gasteiger partial charge on any atom is 0.325 e. The van der Waals surface area contributed by atoms with Crippen molar-refractivity contribution >= 4 is 17.6 Å². The van der Waals surface area contributed by atoms with E-state index in [1.165, 1.54) is 5.56 Å². The summed E-state index contributed by atoms with van der Waals surface area (Å²) in [6, 6.07) is 12.8. The first-order chi connectivity index (χ1) is 13.5. The minimum atomic E-state index is -0.603. The molecule has 0 saturated carbocycles. The lowest BCUT2D eigenvalue weighted by Crippen LogP contribution is -2.37. The molecule has 0 aliphatic rings. The van der Waals surface area contributed by atoms with Gasteiger partial charge in [0.1, 0.15) is 6.54 Å². The number of hydrogen-bond donors (Lipinski definition) is 2. The Hall–Kier alpha value is -3.55. The van der Waals surface area contributed by atoms with Crippen LogP contribution in [-0.2, 0) is 17.8 Å². The molecule has 0 unspecified atom stereocenters. The van der Waals surface area contributed by atoms with E-state index in [1.807, 2.05) is 50.2 Å². The van der Waals surface area contributed by atoms with Gasteiger partial charge in [-0.1, -0.05) is 43.3 Å². The van der Waals surface area contributed by atoms with Gasteiger partial charge in [0.05, 0.1) is 0 Å². The summed E-state index contributed by atoms with van der Waals surface area (Å²) in [6.07, 6.45) is 0.949. The Balaban J connectivity index is 1.58. The van der Waals surface area contributed by atoms with Crippen LogP contribution < -0.4 is 10.6 Å². The fraction of sp³-hybridized carbons (Fsp3) is 0.250. The van der Waals surface area contributed by atoms with Crippen LogP contribution in [0.2, 0.25) is 0 Å². The second-order valence-electron chi connectivity index (χ2n) is 6.44. The van der Waals surface area contributed by atoms with E-state index in [-0.39, 0.29) is 6.54 Å². The van der Waals surface area contributed by atoms with Gasteiger partial charge in [-0.3, -0.25) is 10.1 Å². The monoisotopic (exact) mass is 378 g/mol. The topological polar surface area (TPSA) is 102 Å². The van der Waals surface area contributed by atoms with E-state index in [0.717, 1.165) is 27.9 Å². The number of nitrogens with zero attached hydrogens (tertiary/aromatic N) is 4. The molecule has 3 rings (SSSR count). The largest absolute Gasteiger partial charge is 0.325 e. The molecule has 2 N–H and O–H groups in total. The maximum atomic E-state index is 12.1. The minimum absolute atomic E-state index is 0.208. The quantitative estimate of drug-likeness (QED) is 0.711. The number of anilines is 1. The minimum Gasteiger partial charge on any atom is -0.307 e. The van der Waals surface area contributed by atoms with Crippen LogP contribution in [0.4, 0.5) is 10.5 Å². The van der Waals surface area contributed by atoms with E-state index in [4.69, 9.17) is 0 Å². The number of urea groups is 1. The van der Waals surface area contributed by atoms with Gasteiger partial charge >= 0.3 is 6.03 Å². The van der Waals surface area contributed by atoms with E-state index in [0.29, 0.717) is 11.5 Å². The lowest BCUT2D eigenvalue weighted by molar-refractivity contribution is -0.120. The summed E-state index contributed by atoms with van der Waals surface area (Å²) in [7, 11) is 0. The van der Waals surface area contributed by atoms with Crippen molar-refractivity contribution in [1.82, 2.24) is 25.5 Å². The van der Waals surface area contributed by atoms with E-state index in [1.54, 1.807) is 6.07 Å². The van der Waals surface area contributed by atoms with Crippen LogP contribution >= 0.6 is 0 Å². The molecule has 3 amide bonds. The molecule has 0 saturated heterocycles. The average Bonchev–Trinajstić information content (AvgIpc) is 3.13. The first-order valence-electron chi connectivity index (χ1n) is 9.00. The van der Waals surface area contributed by atoms with Gasteiger partial charge < -0.3 is 5.32 Å². The van der Waals surface area contributed by atoms with Crippen LogP contribution in [0.5, 0.6) is 0 Å². The number of benzene rings is 2. The van der Waals surface area contributed by atoms with Gasteiger partial charge in [-0.05, 0) is 48.2 Å². The lowest BCUT2D eigenvalue weighted by Gasteiger charge is -2.10. The van der Waals surface area contributed by atoms with Crippen molar-refractivity contribution in [2.75, 3.05) is 5.32 Å². The van der Waals surface area contributed by atoms with Gasteiger partial charge in [0.2, 0.25) is 5.82 Å². The number of nitrogens with one attached hydrogen (secondary N) is 2. The van der Waals surface area contributed by atoms with Crippen LogP contribution in [-0.4, -0.2) is 32.1 Å². The van der Waals surface area contributed by atoms with Crippen molar-refractivity contribution < 1.29 is 9.59 Å². The number of carbonyl (C=O) groups is 2. The Kier molecular flexibility index (Phi) is 5.78. The molecule has 0 aliphatic carbocycles. The predicted molar refractivity (Wildman–Crippen MR) is 106 cm³/mol. The molecule has 28 heavy (non-hydrogen) atoms. The summed E-state index contributed by atoms with van der Waals surface area (Å²) in [5.74, 6) is -0.108. The van der Waals surface area contributed by atoms with Crippen LogP contribution in [0.15, 0.2) is 42.5 Å². The number of rotatable bonds is 5. The van der Waals surface area contributed by atoms with Crippen LogP contribution in [0.1, 0.15) is 23.6 Å². The van der Waals surface area contributed by atoms with Gasteiger partial charge in [0, 0.05) is 11.3 Å². The molecule has 0 bridgehead atoms. The highest BCUT2D eigenvalue weighted by atomic mass is 16.2. The zero-order valence-electron chi connectivity index (χ0n) is 16.1. The highest BCUT2D eigenvalue weighted by Gasteiger charge is 2.13. The van der Waals surface area contributed by atoms with Crippen molar-refractivity contribution in [2.24, 2.45) is 0 Å². The second-order valence-corrected chi connectivity index (χ2v) is 6.44. The van der Waals surface area contributed by atoms with E-state index < -0.39 is 11.9 Å². The second kappa shape index (κ2) is 8.43. The Morgan fingerprint density at radius 3 is 2.54 bits per heavy atom. The summed E-state index contributed by atoms with van der Waals surface area (Å²) >= 11 is 0. The number of tetrazole rings is 1. The van der Waals surface area contributed by atoms with Crippen LogP contribution in [0.3, 0.4) is 0 Å². The van der Waals surface area contributed by atoms with Gasteiger partial charge in [0.15, 0.2) is 0 Å². The van der Waals surface area contributed by atoms with Gasteiger partial charge in [-0.15, -0.1) is 10.2 Å². The maximum absolute atomic E-state index is 12.1. The highest BCUT2D eigenvalue weighted by molar-refractivity contribution is 6.01. The third-order valence-electron chi connectivity index (χ3n) is 4.46. The zero-order valence-corrected chi connectivity index (χ0v) is 16.1. The molecule has 3 aromatic rings. The highest BCUT2D eigenvalue weighted by Crippen LogP contribution is 2.17. The third kappa shape index (κ3) is 4.59. The molecule has 144 valence electrons. The molecule has 0 fully saturated rings. The fourth-order valence-electron chi connectivity index (χ4n) is 2.65. The van der Waals surface area contributed by atoms with Crippen molar-refractivity contribution in [3.8, 4) is 11.4 Å². The molecule has 0 radical (unpaired) electrons. The molecule has 2 aromatic carbocycles. The van der Waals surface area contributed by atoms with Gasteiger partial charge in [-0.2, -0.15) is 4.80 Å². The van der Waals surface area contributed by atoms with Crippen LogP contribution in [0.25, 0.3) is 11.4 Å². The van der Waals surface area contributed by atoms with Gasteiger partial charge in [0.25, 0.3) is 5.91 Å². The molecule has 8 nitrogen and oxygen atoms in total. The summed E-state index contributed by atoms with van der Waals surface area (Å²) in [4.78, 5) is 25.3. The third-order valence-corrected chi connectivity index (χ3v) is 4.46. The molecular formula is C20H22N6O2. The number of carbonyl (C=O) groups excluding carboxylic acids is 2. The molecule has 1 aromatic heterocycles. The SMILES string of the molecule is CCc1ccc(-c2nnn(CC(=O)NC(=O)Nc3cccc(C)c3C)n2)cc1. The number of aromatic nitrogens is 4. The van der Waals surface area contributed by atoms with E-state index in [9.17, 15) is 9.59 Å². The summed E-state index contributed by atoms with van der Waals surface area (Å²) in [5.41, 5.74) is 4.68. The molecule has 0 spiro atoms. The predicted octanol–water partition coefficient (Wildman–Crippen LogP) is 2.87. The normalized spacial score (nSPS) is 10.5. The Morgan fingerprint density at radius 2 is 1.82 bits per heavy atom. The van der Waals surface area contributed by atoms with Crippen molar-refractivity contribution in [3.05, 3.63) is 59.2 Å². The molecular weight excluding hydrogens is 356 g/mol. The van der Waals surface area contributed by atoms with Crippen LogP contribution in [0, 0.1) is 13.8 Å². The average molecular weight is 378 g/mol. The van der Waals surface area contributed by atoms with E-state index >= 15 is 0 Å². The first-order valence-corrected chi connectivity index (χ1v) is 9.00. The summed E-state index contributed by atoms with van der Waals surface area (Å²) in [5, 5.41) is 17.0. The number of aryl methyl sites for hydroxylation is 2. The Labute approximate surface area is 163 Å². The molecule has 1 heterocycles. The smallest absolute Gasteiger partial charge is 0.307 e. The zero-order chi connectivity index (χ0) is 20.1. The van der Waals surface area contributed by atoms with Crippen molar-refractivity contribution in [2.45, 2.75) is 33.7 Å². The number of imide groups is 1. The van der Waals surface area contributed by atoms with Crippen molar-refractivity contribution in [1.29, 1.82) is 0 Å². The standard InChI is InChI=1S/C20H22N6O2/c1-4-15-8-10-16(11-9-15)19-23-25-26(24-19)12-18(27)22-20(28)21-17-7-5-6-13(2)14(17)3/h5-11H,4,12H2,1-3H3,(H2,21,22,27,28). The number of amides is 3. The van der Waals surface area contributed by atoms with Crippen molar-refractivity contribution in [3.63, 3.8) is 0 Å². The molecule has 0 aliphatic heterocycles. The lowest BCUT2D eigenvalue weighted by atomic mass is 10.1. The summed E-state index contributed by atoms with van der Waals surface area (Å²) < 4.78 is 0. The number of hydrogen-bond acceptors (Lipinski definition) is 5.